The number of carbonyl (C=O) groups is 2. The molecule has 0 aliphatic heterocycles. The first kappa shape index (κ1) is 26.2. The molecule has 0 bridgehead atoms. The predicted molar refractivity (Wildman–Crippen MR) is 142 cm³/mol. The number of aromatic nitrogens is 2. The highest BCUT2D eigenvalue weighted by Gasteiger charge is 2.18. The molecule has 2 heterocycles. The lowest BCUT2D eigenvalue weighted by Gasteiger charge is -2.18. The normalized spacial score (nSPS) is 11.0. The lowest BCUT2D eigenvalue weighted by molar-refractivity contribution is -0.127. The molecule has 0 aliphatic carbocycles. The second-order valence-electron chi connectivity index (χ2n) is 8.37. The Morgan fingerprint density at radius 3 is 2.68 bits per heavy atom. The van der Waals surface area contributed by atoms with E-state index in [1.54, 1.807) is 49.4 Å². The van der Waals surface area contributed by atoms with Gasteiger partial charge in [0, 0.05) is 32.8 Å². The number of benzene rings is 2. The van der Waals surface area contributed by atoms with Crippen molar-refractivity contribution >= 4 is 34.5 Å². The molecule has 0 fully saturated rings. The molecule has 0 radical (unpaired) electrons. The van der Waals surface area contributed by atoms with Crippen molar-refractivity contribution in [3.63, 3.8) is 0 Å². The van der Waals surface area contributed by atoms with Gasteiger partial charge in [-0.05, 0) is 35.9 Å². The maximum Gasteiger partial charge on any atom is 0.262 e. The van der Waals surface area contributed by atoms with Gasteiger partial charge >= 0.3 is 0 Å². The van der Waals surface area contributed by atoms with Crippen molar-refractivity contribution < 1.29 is 18.7 Å². The largest absolute Gasteiger partial charge is 0.467 e. The molecule has 4 aromatic rings. The first-order chi connectivity index (χ1) is 18.0. The average molecular weight is 521 g/mol. The van der Waals surface area contributed by atoms with Gasteiger partial charge in [-0.2, -0.15) is 0 Å². The third kappa shape index (κ3) is 6.66. The van der Waals surface area contributed by atoms with Crippen LogP contribution in [0, 0.1) is 0 Å². The Labute approximate surface area is 218 Å². The number of methoxy groups -OCH3 is 1. The van der Waals surface area contributed by atoms with E-state index in [0.717, 1.165) is 5.56 Å². The summed E-state index contributed by atoms with van der Waals surface area (Å²) in [6.45, 7) is 1.41. The monoisotopic (exact) mass is 520 g/mol. The number of amides is 2. The fourth-order valence-corrected chi connectivity index (χ4v) is 4.64. The molecular weight excluding hydrogens is 492 g/mol. The first-order valence-corrected chi connectivity index (χ1v) is 12.7. The molecule has 37 heavy (non-hydrogen) atoms. The van der Waals surface area contributed by atoms with E-state index >= 15 is 0 Å². The Morgan fingerprint density at radius 1 is 1.14 bits per heavy atom. The van der Waals surface area contributed by atoms with Crippen molar-refractivity contribution in [3.8, 4) is 0 Å². The molecule has 0 aliphatic rings. The number of furan rings is 1. The number of carbonyl (C=O) groups excluding carboxylic acids is 2. The van der Waals surface area contributed by atoms with Crippen LogP contribution in [0.15, 0.2) is 81.3 Å². The summed E-state index contributed by atoms with van der Waals surface area (Å²) >= 11 is 1.18. The number of hydrogen-bond acceptors (Lipinski definition) is 7. The van der Waals surface area contributed by atoms with Crippen LogP contribution in [-0.2, 0) is 22.6 Å². The number of nitrogens with one attached hydrogen (secondary N) is 1. The number of hydrogen-bond donors (Lipinski definition) is 1. The van der Waals surface area contributed by atoms with E-state index in [1.807, 2.05) is 30.3 Å². The molecule has 4 rings (SSSR count). The van der Waals surface area contributed by atoms with Crippen LogP contribution in [0.4, 0.5) is 0 Å². The zero-order valence-corrected chi connectivity index (χ0v) is 21.5. The molecule has 0 spiro atoms. The van der Waals surface area contributed by atoms with Crippen molar-refractivity contribution in [1.82, 2.24) is 19.8 Å². The van der Waals surface area contributed by atoms with Gasteiger partial charge in [0.25, 0.3) is 11.5 Å². The molecule has 0 saturated carbocycles. The Balaban J connectivity index is 1.60. The summed E-state index contributed by atoms with van der Waals surface area (Å²) < 4.78 is 11.9. The molecule has 9 nitrogen and oxygen atoms in total. The second-order valence-corrected chi connectivity index (χ2v) is 9.31. The number of thioether (sulfide) groups is 1. The van der Waals surface area contributed by atoms with Crippen LogP contribution < -0.4 is 10.9 Å². The standard InChI is InChI=1S/C27H28N4O5S/c1-30(16-19-7-4-3-5-8-19)24(32)18-37-27-29-23-15-20(25(33)28-12-14-35-2)10-11-22(23)26(34)31(27)17-21-9-6-13-36-21/h3-11,13,15H,12,14,16-18H2,1-2H3,(H,28,33). The van der Waals surface area contributed by atoms with Crippen molar-refractivity contribution in [2.24, 2.45) is 0 Å². The summed E-state index contributed by atoms with van der Waals surface area (Å²) in [5, 5.41) is 3.50. The molecule has 192 valence electrons. The number of ether oxygens (including phenoxy) is 1. The zero-order chi connectivity index (χ0) is 26.2. The first-order valence-electron chi connectivity index (χ1n) is 11.7. The van der Waals surface area contributed by atoms with E-state index in [-0.39, 0.29) is 29.7 Å². The SMILES string of the molecule is COCCNC(=O)c1ccc2c(=O)n(Cc3ccco3)c(SCC(=O)N(C)Cc3ccccc3)nc2c1. The third-order valence-electron chi connectivity index (χ3n) is 5.68. The molecule has 0 unspecified atom stereocenters. The van der Waals surface area contributed by atoms with Crippen molar-refractivity contribution in [2.75, 3.05) is 33.1 Å². The van der Waals surface area contributed by atoms with Gasteiger partial charge in [0.15, 0.2) is 5.16 Å². The van der Waals surface area contributed by atoms with E-state index in [2.05, 4.69) is 10.3 Å². The van der Waals surface area contributed by atoms with Crippen molar-refractivity contribution in [1.29, 1.82) is 0 Å². The van der Waals surface area contributed by atoms with E-state index in [0.29, 0.717) is 47.1 Å². The van der Waals surface area contributed by atoms with Gasteiger partial charge in [-0.15, -0.1) is 0 Å². The summed E-state index contributed by atoms with van der Waals surface area (Å²) in [6, 6.07) is 18.0. The lowest BCUT2D eigenvalue weighted by atomic mass is 10.1. The fourth-order valence-electron chi connectivity index (χ4n) is 3.70. The van der Waals surface area contributed by atoms with Crippen molar-refractivity contribution in [3.05, 3.63) is 94.2 Å². The minimum atomic E-state index is -0.285. The van der Waals surface area contributed by atoms with Gasteiger partial charge in [-0.1, -0.05) is 42.1 Å². The van der Waals surface area contributed by atoms with E-state index < -0.39 is 0 Å². The highest BCUT2D eigenvalue weighted by atomic mass is 32.2. The summed E-state index contributed by atoms with van der Waals surface area (Å²) in [6.07, 6.45) is 1.54. The molecule has 0 saturated heterocycles. The predicted octanol–water partition coefficient (Wildman–Crippen LogP) is 3.16. The average Bonchev–Trinajstić information content (AvgIpc) is 3.42. The van der Waals surface area contributed by atoms with Crippen LogP contribution in [0.2, 0.25) is 0 Å². The smallest absolute Gasteiger partial charge is 0.262 e. The van der Waals surface area contributed by atoms with Crippen LogP contribution in [0.3, 0.4) is 0 Å². The molecule has 1 N–H and O–H groups in total. The fraction of sp³-hybridized carbons (Fsp3) is 0.259. The van der Waals surface area contributed by atoms with Gasteiger partial charge in [-0.3, -0.25) is 19.0 Å². The minimum Gasteiger partial charge on any atom is -0.467 e. The van der Waals surface area contributed by atoms with Gasteiger partial charge in [-0.25, -0.2) is 4.98 Å². The van der Waals surface area contributed by atoms with Gasteiger partial charge in [0.1, 0.15) is 5.76 Å². The number of fused-ring (bicyclic) bond motifs is 1. The molecule has 2 aromatic heterocycles. The van der Waals surface area contributed by atoms with E-state index in [9.17, 15) is 14.4 Å². The zero-order valence-electron chi connectivity index (χ0n) is 20.7. The Morgan fingerprint density at radius 2 is 1.95 bits per heavy atom. The molecular formula is C27H28N4O5S. The number of nitrogens with zero attached hydrogens (tertiary/aromatic N) is 3. The van der Waals surface area contributed by atoms with Crippen LogP contribution in [0.1, 0.15) is 21.7 Å². The lowest BCUT2D eigenvalue weighted by Crippen LogP contribution is -2.29. The summed E-state index contributed by atoms with van der Waals surface area (Å²) in [4.78, 5) is 45.1. The molecule has 10 heteroatoms. The summed E-state index contributed by atoms with van der Waals surface area (Å²) in [7, 11) is 3.30. The van der Waals surface area contributed by atoms with E-state index in [4.69, 9.17) is 9.15 Å². The maximum absolute atomic E-state index is 13.4. The molecule has 0 atom stereocenters. The summed E-state index contributed by atoms with van der Waals surface area (Å²) in [5.74, 6) is 0.301. The van der Waals surface area contributed by atoms with Crippen LogP contribution in [-0.4, -0.2) is 59.3 Å². The highest BCUT2D eigenvalue weighted by molar-refractivity contribution is 7.99. The van der Waals surface area contributed by atoms with E-state index in [1.165, 1.54) is 22.6 Å². The Bertz CT molecular complexity index is 1420. The highest BCUT2D eigenvalue weighted by Crippen LogP contribution is 2.21. The minimum absolute atomic E-state index is 0.0939. The van der Waals surface area contributed by atoms with Crippen LogP contribution in [0.25, 0.3) is 10.9 Å². The third-order valence-corrected chi connectivity index (χ3v) is 6.64. The Kier molecular flexibility index (Phi) is 8.76. The van der Waals surface area contributed by atoms with Crippen LogP contribution >= 0.6 is 11.8 Å². The summed E-state index contributed by atoms with van der Waals surface area (Å²) in [5.41, 5.74) is 1.51. The second kappa shape index (κ2) is 12.4. The van der Waals surface area contributed by atoms with Gasteiger partial charge in [0.05, 0.1) is 36.1 Å². The molecule has 2 aromatic carbocycles. The quantitative estimate of drug-likeness (QED) is 0.184. The molecule has 2 amide bonds. The van der Waals surface area contributed by atoms with Crippen molar-refractivity contribution in [2.45, 2.75) is 18.2 Å². The van der Waals surface area contributed by atoms with Crippen LogP contribution in [0.5, 0.6) is 0 Å². The maximum atomic E-state index is 13.4. The Hall–Kier alpha value is -3.89. The van der Waals surface area contributed by atoms with Gasteiger partial charge in [0.2, 0.25) is 5.91 Å². The topological polar surface area (TPSA) is 107 Å². The van der Waals surface area contributed by atoms with Gasteiger partial charge < -0.3 is 19.4 Å². The number of rotatable bonds is 11.